The molecule has 8 heteroatoms. The maximum absolute atomic E-state index is 13.9. The van der Waals surface area contributed by atoms with Gasteiger partial charge in [-0.1, -0.05) is 72.1 Å². The van der Waals surface area contributed by atoms with Crippen LogP contribution in [-0.2, 0) is 0 Å². The molecule has 0 aliphatic heterocycles. The van der Waals surface area contributed by atoms with Crippen LogP contribution in [0.15, 0.2) is 105 Å². The van der Waals surface area contributed by atoms with Crippen LogP contribution in [0.2, 0.25) is 0 Å². The first kappa shape index (κ1) is 23.6. The van der Waals surface area contributed by atoms with Gasteiger partial charge in [-0.25, -0.2) is 9.59 Å². The summed E-state index contributed by atoms with van der Waals surface area (Å²) in [6.45, 7) is 0. The third-order valence-electron chi connectivity index (χ3n) is 5.67. The number of rotatable bonds is 6. The Labute approximate surface area is 214 Å². The van der Waals surface area contributed by atoms with E-state index in [9.17, 15) is 29.4 Å². The summed E-state index contributed by atoms with van der Waals surface area (Å²) in [4.78, 5) is 52.6. The summed E-state index contributed by atoms with van der Waals surface area (Å²) in [5, 5.41) is 19.1. The molecule has 0 radical (unpaired) electrons. The van der Waals surface area contributed by atoms with Crippen molar-refractivity contribution in [3.8, 4) is 0 Å². The molecule has 0 saturated carbocycles. The number of carbonyl (C=O) groups is 4. The Morgan fingerprint density at radius 1 is 0.500 bits per heavy atom. The Morgan fingerprint density at radius 2 is 0.889 bits per heavy atom. The Balaban J connectivity index is 1.62. The van der Waals surface area contributed by atoms with E-state index in [1.165, 1.54) is 12.1 Å². The van der Waals surface area contributed by atoms with Crippen LogP contribution in [0.3, 0.4) is 0 Å². The van der Waals surface area contributed by atoms with E-state index in [0.29, 0.717) is 19.6 Å². The maximum atomic E-state index is 13.9. The largest absolute Gasteiger partial charge is 0.478 e. The molecule has 0 bridgehead atoms. The molecule has 5 rings (SSSR count). The van der Waals surface area contributed by atoms with Crippen molar-refractivity contribution >= 4 is 47.0 Å². The van der Waals surface area contributed by atoms with Crippen LogP contribution in [-0.4, -0.2) is 33.7 Å². The van der Waals surface area contributed by atoms with Crippen LogP contribution in [0.1, 0.15) is 52.6 Å². The van der Waals surface area contributed by atoms with Gasteiger partial charge in [0.25, 0.3) is 0 Å². The average Bonchev–Trinajstić information content (AvgIpc) is 2.87. The van der Waals surface area contributed by atoms with Gasteiger partial charge in [-0.05, 0) is 36.4 Å². The molecular weight excluding hydrogens is 496 g/mol. The SMILES string of the molecule is O=C(O)c1ccccc1Sc1cccc2c1C(=O)c1c(Sc3ccccc3C(=O)O)cccc1C2=O. The van der Waals surface area contributed by atoms with Crippen molar-refractivity contribution in [1.82, 2.24) is 0 Å². The van der Waals surface area contributed by atoms with Gasteiger partial charge in [0.1, 0.15) is 0 Å². The van der Waals surface area contributed by atoms with Gasteiger partial charge < -0.3 is 10.2 Å². The van der Waals surface area contributed by atoms with Gasteiger partial charge in [-0.15, -0.1) is 0 Å². The lowest BCUT2D eigenvalue weighted by Gasteiger charge is -2.22. The van der Waals surface area contributed by atoms with Gasteiger partial charge in [0, 0.05) is 41.8 Å². The van der Waals surface area contributed by atoms with E-state index in [1.807, 2.05) is 0 Å². The van der Waals surface area contributed by atoms with Gasteiger partial charge in [-0.2, -0.15) is 0 Å². The van der Waals surface area contributed by atoms with E-state index >= 15 is 0 Å². The van der Waals surface area contributed by atoms with E-state index in [2.05, 4.69) is 0 Å². The Kier molecular flexibility index (Phi) is 6.22. The minimum Gasteiger partial charge on any atom is -0.478 e. The van der Waals surface area contributed by atoms with Gasteiger partial charge >= 0.3 is 11.9 Å². The summed E-state index contributed by atoms with van der Waals surface area (Å²) < 4.78 is 0. The van der Waals surface area contributed by atoms with E-state index in [0.717, 1.165) is 23.5 Å². The monoisotopic (exact) mass is 512 g/mol. The first-order valence-electron chi connectivity index (χ1n) is 10.7. The summed E-state index contributed by atoms with van der Waals surface area (Å²) in [6, 6.07) is 22.8. The van der Waals surface area contributed by atoms with Crippen LogP contribution >= 0.6 is 23.5 Å². The molecule has 0 aromatic heterocycles. The molecule has 1 aliphatic rings. The second-order valence-electron chi connectivity index (χ2n) is 7.82. The number of fused-ring (bicyclic) bond motifs is 2. The molecule has 0 saturated heterocycles. The molecular formula is C28H16O6S2. The lowest BCUT2D eigenvalue weighted by molar-refractivity contribution is 0.0682. The number of hydrogen-bond donors (Lipinski definition) is 2. The number of carbonyl (C=O) groups excluding carboxylic acids is 2. The van der Waals surface area contributed by atoms with Crippen molar-refractivity contribution in [2.24, 2.45) is 0 Å². The molecule has 0 heterocycles. The highest BCUT2D eigenvalue weighted by Crippen LogP contribution is 2.42. The smallest absolute Gasteiger partial charge is 0.336 e. The van der Waals surface area contributed by atoms with E-state index in [1.54, 1.807) is 72.8 Å². The van der Waals surface area contributed by atoms with Crippen molar-refractivity contribution in [3.05, 3.63) is 118 Å². The topological polar surface area (TPSA) is 109 Å². The number of ketones is 2. The van der Waals surface area contributed by atoms with Crippen molar-refractivity contribution in [2.45, 2.75) is 19.6 Å². The van der Waals surface area contributed by atoms with Gasteiger partial charge in [0.15, 0.2) is 11.6 Å². The Hall–Kier alpha value is -4.14. The summed E-state index contributed by atoms with van der Waals surface area (Å²) >= 11 is 2.23. The number of benzene rings is 4. The molecule has 176 valence electrons. The predicted octanol–water partition coefficient (Wildman–Crippen LogP) is 6.16. The summed E-state index contributed by atoms with van der Waals surface area (Å²) in [5.41, 5.74) is 1.10. The zero-order valence-electron chi connectivity index (χ0n) is 18.4. The van der Waals surface area contributed by atoms with Crippen molar-refractivity contribution in [2.75, 3.05) is 0 Å². The standard InChI is InChI=1S/C28H16O6S2/c29-25-17-9-5-13-21(35-19-11-3-1-7-15(19)27(31)32)23(17)26(30)24-18(25)10-6-14-22(24)36-20-12-4-2-8-16(20)28(33)34/h1-14H,(H,31,32)(H,33,34). The van der Waals surface area contributed by atoms with Gasteiger partial charge in [0.05, 0.1) is 11.1 Å². The third-order valence-corrected chi connectivity index (χ3v) is 7.94. The molecule has 0 spiro atoms. The van der Waals surface area contributed by atoms with E-state index in [-0.39, 0.29) is 44.9 Å². The third kappa shape index (κ3) is 4.10. The molecule has 1 aliphatic carbocycles. The number of carboxylic acid groups (broad SMARTS) is 2. The Bertz CT molecular complexity index is 1480. The van der Waals surface area contributed by atoms with Crippen LogP contribution in [0.25, 0.3) is 0 Å². The summed E-state index contributed by atoms with van der Waals surface area (Å²) in [7, 11) is 0. The zero-order valence-corrected chi connectivity index (χ0v) is 20.1. The molecule has 6 nitrogen and oxygen atoms in total. The van der Waals surface area contributed by atoms with Gasteiger partial charge in [-0.3, -0.25) is 9.59 Å². The highest BCUT2D eigenvalue weighted by Gasteiger charge is 2.34. The first-order chi connectivity index (χ1) is 17.4. The predicted molar refractivity (Wildman–Crippen MR) is 135 cm³/mol. The van der Waals surface area contributed by atoms with Crippen molar-refractivity contribution in [1.29, 1.82) is 0 Å². The molecule has 0 unspecified atom stereocenters. The molecule has 0 atom stereocenters. The molecule has 4 aromatic carbocycles. The lowest BCUT2D eigenvalue weighted by Crippen LogP contribution is -2.22. The fourth-order valence-electron chi connectivity index (χ4n) is 4.05. The second kappa shape index (κ2) is 9.49. The zero-order chi connectivity index (χ0) is 25.4. The van der Waals surface area contributed by atoms with Crippen LogP contribution in [0.4, 0.5) is 0 Å². The maximum Gasteiger partial charge on any atom is 0.336 e. The summed E-state index contributed by atoms with van der Waals surface area (Å²) in [6.07, 6.45) is 0. The lowest BCUT2D eigenvalue weighted by atomic mass is 9.84. The molecule has 4 aromatic rings. The van der Waals surface area contributed by atoms with Crippen LogP contribution < -0.4 is 0 Å². The minimum absolute atomic E-state index is 0.0941. The fraction of sp³-hybridized carbons (Fsp3) is 0. The molecule has 2 N–H and O–H groups in total. The molecule has 36 heavy (non-hydrogen) atoms. The fourth-order valence-corrected chi connectivity index (χ4v) is 6.25. The Morgan fingerprint density at radius 3 is 1.31 bits per heavy atom. The molecule has 0 fully saturated rings. The average molecular weight is 513 g/mol. The first-order valence-corrected chi connectivity index (χ1v) is 12.4. The van der Waals surface area contributed by atoms with Crippen LogP contribution in [0.5, 0.6) is 0 Å². The number of aromatic carboxylic acids is 2. The van der Waals surface area contributed by atoms with E-state index < -0.39 is 11.9 Å². The van der Waals surface area contributed by atoms with Gasteiger partial charge in [0.2, 0.25) is 0 Å². The quantitative estimate of drug-likeness (QED) is 0.278. The highest BCUT2D eigenvalue weighted by atomic mass is 32.2. The summed E-state index contributed by atoms with van der Waals surface area (Å²) in [5.74, 6) is -2.87. The highest BCUT2D eigenvalue weighted by molar-refractivity contribution is 7.99. The minimum atomic E-state index is -1.09. The van der Waals surface area contributed by atoms with Crippen LogP contribution in [0, 0.1) is 0 Å². The number of carboxylic acids is 2. The molecule has 0 amide bonds. The van der Waals surface area contributed by atoms with Crippen molar-refractivity contribution < 1.29 is 29.4 Å². The van der Waals surface area contributed by atoms with E-state index in [4.69, 9.17) is 0 Å². The van der Waals surface area contributed by atoms with Crippen molar-refractivity contribution in [3.63, 3.8) is 0 Å². The normalized spacial score (nSPS) is 12.1. The second-order valence-corrected chi connectivity index (χ2v) is 9.99. The number of hydrogen-bond acceptors (Lipinski definition) is 6.